The number of benzene rings is 1. The summed E-state index contributed by atoms with van der Waals surface area (Å²) in [5.74, 6) is 0. The van der Waals surface area contributed by atoms with Gasteiger partial charge in [-0.25, -0.2) is 0 Å². The van der Waals surface area contributed by atoms with E-state index in [1.165, 1.54) is 5.56 Å². The first-order valence-electron chi connectivity index (χ1n) is 6.04. The van der Waals surface area contributed by atoms with E-state index >= 15 is 0 Å². The summed E-state index contributed by atoms with van der Waals surface area (Å²) in [4.78, 5) is 2.23. The van der Waals surface area contributed by atoms with E-state index in [1.807, 2.05) is 6.07 Å². The van der Waals surface area contributed by atoms with Crippen molar-refractivity contribution in [1.82, 2.24) is 4.90 Å². The second-order valence-corrected chi connectivity index (χ2v) is 6.67. The molecular formula is C14H21NS2. The first-order chi connectivity index (χ1) is 8.01. The standard InChI is InChI=1S/C14H21NS2/c1-5-15(6-2)13(16)17-14(3,4)12-10-8-7-9-11-12/h7-11H,5-6H2,1-4H3. The molecule has 1 aromatic carbocycles. The fourth-order valence-electron chi connectivity index (χ4n) is 1.66. The third-order valence-corrected chi connectivity index (χ3v) is 4.52. The Balaban J connectivity index is 2.76. The molecule has 0 aliphatic carbocycles. The predicted molar refractivity (Wildman–Crippen MR) is 82.6 cm³/mol. The van der Waals surface area contributed by atoms with Crippen LogP contribution in [0.3, 0.4) is 0 Å². The molecule has 0 radical (unpaired) electrons. The number of nitrogens with zero attached hydrogens (tertiary/aromatic N) is 1. The fraction of sp³-hybridized carbons (Fsp3) is 0.500. The van der Waals surface area contributed by atoms with Crippen LogP contribution in [0, 0.1) is 0 Å². The fourth-order valence-corrected chi connectivity index (χ4v) is 3.62. The highest BCUT2D eigenvalue weighted by atomic mass is 32.2. The van der Waals surface area contributed by atoms with Crippen LogP contribution in [-0.2, 0) is 4.75 Å². The van der Waals surface area contributed by atoms with Gasteiger partial charge in [-0.3, -0.25) is 0 Å². The lowest BCUT2D eigenvalue weighted by molar-refractivity contribution is 0.481. The average Bonchev–Trinajstić information content (AvgIpc) is 2.31. The number of hydrogen-bond acceptors (Lipinski definition) is 2. The van der Waals surface area contributed by atoms with Crippen LogP contribution in [0.1, 0.15) is 33.3 Å². The molecule has 0 saturated carbocycles. The Kier molecular flexibility index (Phi) is 5.47. The topological polar surface area (TPSA) is 3.24 Å². The van der Waals surface area contributed by atoms with Gasteiger partial charge in [-0.15, -0.1) is 0 Å². The number of hydrogen-bond donors (Lipinski definition) is 0. The maximum Gasteiger partial charge on any atom is 0.137 e. The Morgan fingerprint density at radius 2 is 1.71 bits per heavy atom. The van der Waals surface area contributed by atoms with Gasteiger partial charge in [0.15, 0.2) is 0 Å². The Labute approximate surface area is 115 Å². The Bertz CT molecular complexity index is 356. The molecular weight excluding hydrogens is 246 g/mol. The van der Waals surface area contributed by atoms with Crippen molar-refractivity contribution in [3.8, 4) is 0 Å². The molecule has 0 unspecified atom stereocenters. The summed E-state index contributed by atoms with van der Waals surface area (Å²) < 4.78 is 1.02. The van der Waals surface area contributed by atoms with Crippen molar-refractivity contribution in [1.29, 1.82) is 0 Å². The lowest BCUT2D eigenvalue weighted by Crippen LogP contribution is -2.29. The maximum absolute atomic E-state index is 5.51. The summed E-state index contributed by atoms with van der Waals surface area (Å²) in [6, 6.07) is 10.5. The zero-order valence-electron chi connectivity index (χ0n) is 11.1. The highest BCUT2D eigenvalue weighted by Gasteiger charge is 2.24. The molecule has 0 aromatic heterocycles. The minimum atomic E-state index is 0.0287. The lowest BCUT2D eigenvalue weighted by atomic mass is 10.0. The third kappa shape index (κ3) is 4.00. The second kappa shape index (κ2) is 6.41. The van der Waals surface area contributed by atoms with Crippen molar-refractivity contribution in [2.45, 2.75) is 32.4 Å². The molecule has 0 saturated heterocycles. The smallest absolute Gasteiger partial charge is 0.137 e. The van der Waals surface area contributed by atoms with Crippen LogP contribution in [0.25, 0.3) is 0 Å². The minimum absolute atomic E-state index is 0.0287. The first-order valence-corrected chi connectivity index (χ1v) is 7.27. The highest BCUT2D eigenvalue weighted by Crippen LogP contribution is 2.37. The molecule has 0 amide bonds. The monoisotopic (exact) mass is 267 g/mol. The summed E-state index contributed by atoms with van der Waals surface area (Å²) in [7, 11) is 0. The van der Waals surface area contributed by atoms with E-state index in [-0.39, 0.29) is 4.75 Å². The van der Waals surface area contributed by atoms with Gasteiger partial charge in [-0.1, -0.05) is 54.3 Å². The van der Waals surface area contributed by atoms with E-state index in [4.69, 9.17) is 12.2 Å². The van der Waals surface area contributed by atoms with Crippen LogP contribution in [0.15, 0.2) is 30.3 Å². The van der Waals surface area contributed by atoms with Crippen LogP contribution >= 0.6 is 24.0 Å². The first kappa shape index (κ1) is 14.5. The van der Waals surface area contributed by atoms with Gasteiger partial charge >= 0.3 is 0 Å². The third-order valence-electron chi connectivity index (χ3n) is 2.83. The second-order valence-electron chi connectivity index (χ2n) is 4.42. The van der Waals surface area contributed by atoms with Crippen LogP contribution in [0.5, 0.6) is 0 Å². The van der Waals surface area contributed by atoms with Gasteiger partial charge in [0.1, 0.15) is 4.32 Å². The molecule has 0 N–H and O–H groups in total. The average molecular weight is 267 g/mol. The summed E-state index contributed by atoms with van der Waals surface area (Å²) >= 11 is 7.28. The largest absolute Gasteiger partial charge is 0.358 e. The molecule has 0 spiro atoms. The molecule has 0 aliphatic heterocycles. The summed E-state index contributed by atoms with van der Waals surface area (Å²) in [5.41, 5.74) is 1.32. The van der Waals surface area contributed by atoms with Gasteiger partial charge in [-0.05, 0) is 33.3 Å². The van der Waals surface area contributed by atoms with E-state index in [2.05, 4.69) is 56.9 Å². The quantitative estimate of drug-likeness (QED) is 0.750. The zero-order chi connectivity index (χ0) is 12.9. The number of thioether (sulfide) groups is 1. The van der Waals surface area contributed by atoms with E-state index in [0.29, 0.717) is 0 Å². The van der Waals surface area contributed by atoms with Crippen molar-refractivity contribution in [3.63, 3.8) is 0 Å². The van der Waals surface area contributed by atoms with Crippen molar-refractivity contribution < 1.29 is 0 Å². The number of thiocarbonyl (C=S) groups is 1. The van der Waals surface area contributed by atoms with Crippen LogP contribution in [0.4, 0.5) is 0 Å². The maximum atomic E-state index is 5.51. The van der Waals surface area contributed by atoms with Gasteiger partial charge in [-0.2, -0.15) is 0 Å². The van der Waals surface area contributed by atoms with Crippen LogP contribution in [-0.4, -0.2) is 22.3 Å². The van der Waals surface area contributed by atoms with Gasteiger partial charge in [0, 0.05) is 17.8 Å². The Morgan fingerprint density at radius 3 is 2.18 bits per heavy atom. The predicted octanol–water partition coefficient (Wildman–Crippen LogP) is 4.28. The van der Waals surface area contributed by atoms with Gasteiger partial charge in [0.25, 0.3) is 0 Å². The van der Waals surface area contributed by atoms with Crippen molar-refractivity contribution in [2.75, 3.05) is 13.1 Å². The zero-order valence-corrected chi connectivity index (χ0v) is 12.7. The SMILES string of the molecule is CCN(CC)C(=S)SC(C)(C)c1ccccc1. The molecule has 1 nitrogen and oxygen atoms in total. The van der Waals surface area contributed by atoms with Crippen molar-refractivity contribution in [3.05, 3.63) is 35.9 Å². The summed E-state index contributed by atoms with van der Waals surface area (Å²) in [6.45, 7) is 10.7. The lowest BCUT2D eigenvalue weighted by Gasteiger charge is -2.29. The molecule has 0 aliphatic rings. The molecule has 0 atom stereocenters. The highest BCUT2D eigenvalue weighted by molar-refractivity contribution is 8.23. The summed E-state index contributed by atoms with van der Waals surface area (Å²) in [5, 5.41) is 0. The van der Waals surface area contributed by atoms with Crippen LogP contribution in [0.2, 0.25) is 0 Å². The molecule has 1 rings (SSSR count). The van der Waals surface area contributed by atoms with Crippen LogP contribution < -0.4 is 0 Å². The molecule has 3 heteroatoms. The number of rotatable bonds is 4. The van der Waals surface area contributed by atoms with E-state index in [9.17, 15) is 0 Å². The minimum Gasteiger partial charge on any atom is -0.358 e. The Hall–Kier alpha value is -0.540. The van der Waals surface area contributed by atoms with E-state index in [1.54, 1.807) is 11.8 Å². The summed E-state index contributed by atoms with van der Waals surface area (Å²) in [6.07, 6.45) is 0. The van der Waals surface area contributed by atoms with Gasteiger partial charge < -0.3 is 4.90 Å². The molecule has 0 bridgehead atoms. The molecule has 0 heterocycles. The molecule has 1 aromatic rings. The molecule has 17 heavy (non-hydrogen) atoms. The Morgan fingerprint density at radius 1 is 1.18 bits per heavy atom. The normalized spacial score (nSPS) is 11.3. The molecule has 0 fully saturated rings. The van der Waals surface area contributed by atoms with Crippen molar-refractivity contribution >= 4 is 28.3 Å². The van der Waals surface area contributed by atoms with Gasteiger partial charge in [0.05, 0.1) is 0 Å². The van der Waals surface area contributed by atoms with E-state index < -0.39 is 0 Å². The molecule has 94 valence electrons. The van der Waals surface area contributed by atoms with Gasteiger partial charge in [0.2, 0.25) is 0 Å². The van der Waals surface area contributed by atoms with E-state index in [0.717, 1.165) is 17.4 Å². The van der Waals surface area contributed by atoms with Crippen molar-refractivity contribution in [2.24, 2.45) is 0 Å².